The number of rotatable bonds is 3. The van der Waals surface area contributed by atoms with Crippen molar-refractivity contribution in [3.8, 4) is 10.8 Å². The first-order valence-corrected chi connectivity index (χ1v) is 8.82. The maximum Gasteiger partial charge on any atom is 0.273 e. The van der Waals surface area contributed by atoms with Crippen molar-refractivity contribution in [1.29, 1.82) is 0 Å². The molecule has 0 saturated carbocycles. The summed E-state index contributed by atoms with van der Waals surface area (Å²) in [4.78, 5) is 24.4. The Kier molecular flexibility index (Phi) is 3.93. The Hall–Kier alpha value is -2.41. The molecule has 1 saturated heterocycles. The number of thiazole rings is 1. The SMILES string of the molecule is Cc1sc(-c2ccco2)nc1C(=O)N1CCC[C@H](n2ccnc2)C1. The molecule has 1 atom stereocenters. The largest absolute Gasteiger partial charge is 0.462 e. The number of likely N-dealkylation sites (tertiary alicyclic amines) is 1. The quantitative estimate of drug-likeness (QED) is 0.732. The highest BCUT2D eigenvalue weighted by atomic mass is 32.1. The van der Waals surface area contributed by atoms with E-state index in [2.05, 4.69) is 14.5 Å². The van der Waals surface area contributed by atoms with Gasteiger partial charge >= 0.3 is 0 Å². The van der Waals surface area contributed by atoms with Crippen molar-refractivity contribution in [3.63, 3.8) is 0 Å². The normalized spacial score (nSPS) is 18.0. The molecule has 1 aliphatic heterocycles. The summed E-state index contributed by atoms with van der Waals surface area (Å²) in [6.45, 7) is 3.41. The molecule has 7 heteroatoms. The van der Waals surface area contributed by atoms with Crippen molar-refractivity contribution in [2.75, 3.05) is 13.1 Å². The zero-order chi connectivity index (χ0) is 16.5. The summed E-state index contributed by atoms with van der Waals surface area (Å²) in [5.41, 5.74) is 0.540. The van der Waals surface area contributed by atoms with Gasteiger partial charge in [0.2, 0.25) is 0 Å². The topological polar surface area (TPSA) is 64.2 Å². The van der Waals surface area contributed by atoms with Gasteiger partial charge < -0.3 is 13.9 Å². The summed E-state index contributed by atoms with van der Waals surface area (Å²) < 4.78 is 7.48. The molecule has 1 aliphatic rings. The third-order valence-electron chi connectivity index (χ3n) is 4.36. The van der Waals surface area contributed by atoms with E-state index in [0.717, 1.165) is 29.3 Å². The molecule has 0 N–H and O–H groups in total. The van der Waals surface area contributed by atoms with Crippen LogP contribution in [0.25, 0.3) is 10.8 Å². The lowest BCUT2D eigenvalue weighted by molar-refractivity contribution is 0.0673. The number of aromatic nitrogens is 3. The van der Waals surface area contributed by atoms with E-state index in [-0.39, 0.29) is 11.9 Å². The third kappa shape index (κ3) is 2.75. The van der Waals surface area contributed by atoms with Crippen LogP contribution in [-0.2, 0) is 0 Å². The maximum atomic E-state index is 12.9. The number of piperidine rings is 1. The van der Waals surface area contributed by atoms with Crippen LogP contribution >= 0.6 is 11.3 Å². The molecule has 4 heterocycles. The molecule has 4 rings (SSSR count). The second-order valence-corrected chi connectivity index (χ2v) is 7.16. The fourth-order valence-corrected chi connectivity index (χ4v) is 3.99. The van der Waals surface area contributed by atoms with Crippen LogP contribution in [0.5, 0.6) is 0 Å². The van der Waals surface area contributed by atoms with Gasteiger partial charge in [-0.3, -0.25) is 4.79 Å². The lowest BCUT2D eigenvalue weighted by Crippen LogP contribution is -2.40. The second kappa shape index (κ2) is 6.24. The van der Waals surface area contributed by atoms with Crippen molar-refractivity contribution in [2.45, 2.75) is 25.8 Å². The van der Waals surface area contributed by atoms with Crippen molar-refractivity contribution < 1.29 is 9.21 Å². The van der Waals surface area contributed by atoms with Crippen molar-refractivity contribution in [1.82, 2.24) is 19.4 Å². The van der Waals surface area contributed by atoms with Crippen LogP contribution in [0, 0.1) is 6.92 Å². The number of carbonyl (C=O) groups is 1. The molecule has 6 nitrogen and oxygen atoms in total. The predicted octanol–water partition coefficient (Wildman–Crippen LogP) is 3.39. The predicted molar refractivity (Wildman–Crippen MR) is 91.0 cm³/mol. The number of amides is 1. The minimum atomic E-state index is 0.00590. The van der Waals surface area contributed by atoms with Crippen LogP contribution in [0.15, 0.2) is 41.5 Å². The van der Waals surface area contributed by atoms with E-state index in [0.29, 0.717) is 18.0 Å². The Balaban J connectivity index is 1.55. The molecule has 0 bridgehead atoms. The van der Waals surface area contributed by atoms with Crippen LogP contribution < -0.4 is 0 Å². The summed E-state index contributed by atoms with van der Waals surface area (Å²) in [6, 6.07) is 3.98. The highest BCUT2D eigenvalue weighted by Crippen LogP contribution is 2.30. The van der Waals surface area contributed by atoms with E-state index in [4.69, 9.17) is 4.42 Å². The van der Waals surface area contributed by atoms with E-state index in [1.807, 2.05) is 36.5 Å². The molecule has 0 unspecified atom stereocenters. The van der Waals surface area contributed by atoms with Gasteiger partial charge in [-0.15, -0.1) is 11.3 Å². The molecule has 0 spiro atoms. The molecule has 3 aromatic heterocycles. The van der Waals surface area contributed by atoms with E-state index in [1.165, 1.54) is 11.3 Å². The van der Waals surface area contributed by atoms with Crippen molar-refractivity contribution >= 4 is 17.2 Å². The highest BCUT2D eigenvalue weighted by molar-refractivity contribution is 7.15. The molecule has 0 radical (unpaired) electrons. The van der Waals surface area contributed by atoms with Crippen LogP contribution in [0.2, 0.25) is 0 Å². The maximum absolute atomic E-state index is 12.9. The van der Waals surface area contributed by atoms with Crippen molar-refractivity contribution in [3.05, 3.63) is 47.7 Å². The van der Waals surface area contributed by atoms with Gasteiger partial charge in [0.05, 0.1) is 18.6 Å². The van der Waals surface area contributed by atoms with Crippen LogP contribution in [0.4, 0.5) is 0 Å². The molecule has 1 fully saturated rings. The van der Waals surface area contributed by atoms with Gasteiger partial charge in [0, 0.05) is 30.4 Å². The minimum Gasteiger partial charge on any atom is -0.462 e. The lowest BCUT2D eigenvalue weighted by Gasteiger charge is -2.33. The van der Waals surface area contributed by atoms with E-state index in [9.17, 15) is 4.79 Å². The molecule has 3 aromatic rings. The minimum absolute atomic E-state index is 0.00590. The van der Waals surface area contributed by atoms with Crippen molar-refractivity contribution in [2.24, 2.45) is 0 Å². The Labute approximate surface area is 143 Å². The Morgan fingerprint density at radius 3 is 3.12 bits per heavy atom. The van der Waals surface area contributed by atoms with Gasteiger partial charge in [-0.2, -0.15) is 0 Å². The van der Waals surface area contributed by atoms with E-state index >= 15 is 0 Å². The van der Waals surface area contributed by atoms with Gasteiger partial charge in [0.1, 0.15) is 5.69 Å². The van der Waals surface area contributed by atoms with Gasteiger partial charge in [-0.05, 0) is 31.9 Å². The molecule has 24 heavy (non-hydrogen) atoms. The molecule has 0 aliphatic carbocycles. The summed E-state index contributed by atoms with van der Waals surface area (Å²) in [5, 5.41) is 0.754. The highest BCUT2D eigenvalue weighted by Gasteiger charge is 2.28. The van der Waals surface area contributed by atoms with Gasteiger partial charge in [-0.25, -0.2) is 9.97 Å². The number of carbonyl (C=O) groups excluding carboxylic acids is 1. The molecular formula is C17H18N4O2S. The smallest absolute Gasteiger partial charge is 0.273 e. The summed E-state index contributed by atoms with van der Waals surface area (Å²) in [5.74, 6) is 0.712. The molecule has 124 valence electrons. The third-order valence-corrected chi connectivity index (χ3v) is 5.35. The Bertz CT molecular complexity index is 823. The first-order chi connectivity index (χ1) is 11.7. The molecule has 1 amide bonds. The standard InChI is InChI=1S/C17H18N4O2S/c1-12-15(19-16(24-12)14-5-3-9-23-14)17(22)20-7-2-4-13(10-20)21-8-6-18-11-21/h3,5-6,8-9,11,13H,2,4,7,10H2,1H3/t13-/m0/s1. The van der Waals surface area contributed by atoms with E-state index < -0.39 is 0 Å². The number of aryl methyl sites for hydroxylation is 1. The zero-order valence-electron chi connectivity index (χ0n) is 13.4. The average molecular weight is 342 g/mol. The average Bonchev–Trinajstić information content (AvgIpc) is 3.35. The first kappa shape index (κ1) is 15.1. The zero-order valence-corrected chi connectivity index (χ0v) is 14.2. The Morgan fingerprint density at radius 1 is 1.46 bits per heavy atom. The summed E-state index contributed by atoms with van der Waals surface area (Å²) in [6.07, 6.45) is 9.23. The van der Waals surface area contributed by atoms with Crippen LogP contribution in [0.3, 0.4) is 0 Å². The summed E-state index contributed by atoms with van der Waals surface area (Å²) in [7, 11) is 0. The Morgan fingerprint density at radius 2 is 2.38 bits per heavy atom. The van der Waals surface area contributed by atoms with Gasteiger partial charge in [0.15, 0.2) is 10.8 Å². The van der Waals surface area contributed by atoms with Crippen LogP contribution in [0.1, 0.15) is 34.2 Å². The lowest BCUT2D eigenvalue weighted by atomic mass is 10.1. The fourth-order valence-electron chi connectivity index (χ4n) is 3.12. The number of imidazole rings is 1. The second-order valence-electron chi connectivity index (χ2n) is 5.96. The van der Waals surface area contributed by atoms with E-state index in [1.54, 1.807) is 12.5 Å². The number of hydrogen-bond acceptors (Lipinski definition) is 5. The first-order valence-electron chi connectivity index (χ1n) is 8.00. The fraction of sp³-hybridized carbons (Fsp3) is 0.353. The van der Waals surface area contributed by atoms with Gasteiger partial charge in [0.25, 0.3) is 5.91 Å². The summed E-state index contributed by atoms with van der Waals surface area (Å²) >= 11 is 1.50. The monoisotopic (exact) mass is 342 g/mol. The van der Waals surface area contributed by atoms with Gasteiger partial charge in [-0.1, -0.05) is 0 Å². The number of hydrogen-bond donors (Lipinski definition) is 0. The molecule has 0 aromatic carbocycles. The number of nitrogens with zero attached hydrogens (tertiary/aromatic N) is 4. The molecular weight excluding hydrogens is 324 g/mol. The van der Waals surface area contributed by atoms with Crippen LogP contribution in [-0.4, -0.2) is 38.4 Å². The number of furan rings is 1.